The number of benzene rings is 1. The van der Waals surface area contributed by atoms with Crippen LogP contribution in [0.5, 0.6) is 0 Å². The van der Waals surface area contributed by atoms with Crippen LogP contribution in [-0.2, 0) is 14.2 Å². The van der Waals surface area contributed by atoms with Gasteiger partial charge in [0.2, 0.25) is 0 Å². The fourth-order valence-electron chi connectivity index (χ4n) is 2.25. The molecule has 24 heavy (non-hydrogen) atoms. The van der Waals surface area contributed by atoms with Gasteiger partial charge < -0.3 is 14.2 Å². The lowest BCUT2D eigenvalue weighted by atomic mass is 10.1. The maximum absolute atomic E-state index is 12.5. The molecule has 0 spiro atoms. The van der Waals surface area contributed by atoms with E-state index in [1.165, 1.54) is 7.11 Å². The van der Waals surface area contributed by atoms with Crippen LogP contribution in [-0.4, -0.2) is 42.8 Å². The Bertz CT molecular complexity index is 628. The predicted octanol–water partition coefficient (Wildman–Crippen LogP) is 3.43. The van der Waals surface area contributed by atoms with Crippen LogP contribution in [0.4, 0.5) is 4.79 Å². The third-order valence-electron chi connectivity index (χ3n) is 3.35. The predicted molar refractivity (Wildman–Crippen MR) is 89.3 cm³/mol. The van der Waals surface area contributed by atoms with Gasteiger partial charge in [0, 0.05) is 12.1 Å². The highest BCUT2D eigenvalue weighted by molar-refractivity contribution is 5.90. The van der Waals surface area contributed by atoms with E-state index >= 15 is 0 Å². The summed E-state index contributed by atoms with van der Waals surface area (Å²) in [4.78, 5) is 25.6. The first-order valence-corrected chi connectivity index (χ1v) is 7.83. The van der Waals surface area contributed by atoms with Gasteiger partial charge in [0.15, 0.2) is 0 Å². The standard InChI is InChI=1S/C18H23NO5/c1-18(2,3)24-17(21)19-10-5-11-23-12-15(19)13-6-8-14(9-7-13)16(20)22-4/h6-9,12H,5,10-11H2,1-4H3. The van der Waals surface area contributed by atoms with Crippen molar-refractivity contribution >= 4 is 17.8 Å². The summed E-state index contributed by atoms with van der Waals surface area (Å²) in [6.07, 6.45) is 1.85. The number of hydrogen-bond donors (Lipinski definition) is 0. The van der Waals surface area contributed by atoms with Crippen molar-refractivity contribution in [3.05, 3.63) is 41.7 Å². The molecule has 1 aliphatic rings. The van der Waals surface area contributed by atoms with Crippen LogP contribution in [0.25, 0.3) is 5.70 Å². The van der Waals surface area contributed by atoms with E-state index in [1.807, 2.05) is 20.8 Å². The molecule has 0 atom stereocenters. The zero-order chi connectivity index (χ0) is 17.7. The first-order valence-electron chi connectivity index (χ1n) is 7.83. The van der Waals surface area contributed by atoms with Crippen LogP contribution in [0.15, 0.2) is 30.5 Å². The normalized spacial score (nSPS) is 15.0. The molecular weight excluding hydrogens is 310 g/mol. The summed E-state index contributed by atoms with van der Waals surface area (Å²) < 4.78 is 15.6. The summed E-state index contributed by atoms with van der Waals surface area (Å²) in [5.74, 6) is -0.406. The quantitative estimate of drug-likeness (QED) is 0.776. The van der Waals surface area contributed by atoms with E-state index in [9.17, 15) is 9.59 Å². The topological polar surface area (TPSA) is 65.1 Å². The highest BCUT2D eigenvalue weighted by Crippen LogP contribution is 2.25. The van der Waals surface area contributed by atoms with Crippen molar-refractivity contribution in [1.82, 2.24) is 4.90 Å². The molecule has 0 saturated carbocycles. The van der Waals surface area contributed by atoms with Gasteiger partial charge in [-0.15, -0.1) is 0 Å². The molecule has 0 aromatic heterocycles. The number of carbonyl (C=O) groups excluding carboxylic acids is 2. The molecule has 0 fully saturated rings. The van der Waals surface area contributed by atoms with Gasteiger partial charge in [0.25, 0.3) is 0 Å². The minimum atomic E-state index is -0.579. The van der Waals surface area contributed by atoms with E-state index < -0.39 is 17.7 Å². The lowest BCUT2D eigenvalue weighted by Crippen LogP contribution is -2.36. The summed E-state index contributed by atoms with van der Waals surface area (Å²) in [6, 6.07) is 6.81. The van der Waals surface area contributed by atoms with Gasteiger partial charge in [-0.05, 0) is 39.3 Å². The molecular formula is C18H23NO5. The van der Waals surface area contributed by atoms with Crippen molar-refractivity contribution in [2.45, 2.75) is 32.8 Å². The van der Waals surface area contributed by atoms with Gasteiger partial charge in [0.1, 0.15) is 11.9 Å². The Morgan fingerprint density at radius 1 is 1.17 bits per heavy atom. The second-order valence-corrected chi connectivity index (χ2v) is 6.43. The highest BCUT2D eigenvalue weighted by atomic mass is 16.6. The number of rotatable bonds is 2. The Morgan fingerprint density at radius 3 is 2.42 bits per heavy atom. The first kappa shape index (κ1) is 17.8. The van der Waals surface area contributed by atoms with Crippen molar-refractivity contribution in [2.75, 3.05) is 20.3 Å². The largest absolute Gasteiger partial charge is 0.499 e. The maximum Gasteiger partial charge on any atom is 0.414 e. The van der Waals surface area contributed by atoms with E-state index in [0.29, 0.717) is 30.8 Å². The van der Waals surface area contributed by atoms with Gasteiger partial charge in [-0.1, -0.05) is 12.1 Å². The Kier molecular flexibility index (Phi) is 5.49. The molecule has 1 aromatic carbocycles. The van der Waals surface area contributed by atoms with Gasteiger partial charge in [-0.2, -0.15) is 0 Å². The van der Waals surface area contributed by atoms with Crippen LogP contribution >= 0.6 is 0 Å². The number of carbonyl (C=O) groups is 2. The lowest BCUT2D eigenvalue weighted by molar-refractivity contribution is 0.0353. The number of methoxy groups -OCH3 is 1. The first-order chi connectivity index (χ1) is 11.3. The Morgan fingerprint density at radius 2 is 1.83 bits per heavy atom. The van der Waals surface area contributed by atoms with Gasteiger partial charge in [-0.25, -0.2) is 9.59 Å². The summed E-state index contributed by atoms with van der Waals surface area (Å²) in [5, 5.41) is 0. The lowest BCUT2D eigenvalue weighted by Gasteiger charge is -2.27. The van der Waals surface area contributed by atoms with E-state index in [2.05, 4.69) is 0 Å². The summed E-state index contributed by atoms with van der Waals surface area (Å²) in [6.45, 7) is 6.51. The fraction of sp³-hybridized carbons (Fsp3) is 0.444. The van der Waals surface area contributed by atoms with Crippen LogP contribution in [0.2, 0.25) is 0 Å². The minimum absolute atomic E-state index is 0.406. The van der Waals surface area contributed by atoms with Gasteiger partial charge in [-0.3, -0.25) is 4.90 Å². The van der Waals surface area contributed by atoms with E-state index in [-0.39, 0.29) is 0 Å². The van der Waals surface area contributed by atoms with Crippen molar-refractivity contribution in [3.63, 3.8) is 0 Å². The zero-order valence-corrected chi connectivity index (χ0v) is 14.5. The zero-order valence-electron chi connectivity index (χ0n) is 14.5. The van der Waals surface area contributed by atoms with Crippen LogP contribution in [0, 0.1) is 0 Å². The van der Waals surface area contributed by atoms with E-state index in [1.54, 1.807) is 35.4 Å². The second-order valence-electron chi connectivity index (χ2n) is 6.43. The smallest absolute Gasteiger partial charge is 0.414 e. The molecule has 0 unspecified atom stereocenters. The molecule has 130 valence electrons. The molecule has 1 aromatic rings. The average Bonchev–Trinajstić information content (AvgIpc) is 2.78. The van der Waals surface area contributed by atoms with Crippen molar-refractivity contribution in [3.8, 4) is 0 Å². The van der Waals surface area contributed by atoms with Gasteiger partial charge in [0.05, 0.1) is 25.0 Å². The SMILES string of the molecule is COC(=O)c1ccc(C2=COCCCN2C(=O)OC(C)(C)C)cc1. The number of nitrogens with zero attached hydrogens (tertiary/aromatic N) is 1. The monoisotopic (exact) mass is 333 g/mol. The second kappa shape index (κ2) is 7.38. The molecule has 1 aliphatic heterocycles. The molecule has 2 rings (SSSR count). The molecule has 0 bridgehead atoms. The molecule has 0 N–H and O–H groups in total. The number of hydrogen-bond acceptors (Lipinski definition) is 5. The number of esters is 1. The van der Waals surface area contributed by atoms with Crippen LogP contribution in [0.3, 0.4) is 0 Å². The van der Waals surface area contributed by atoms with Crippen LogP contribution < -0.4 is 0 Å². The van der Waals surface area contributed by atoms with Crippen LogP contribution in [0.1, 0.15) is 43.1 Å². The van der Waals surface area contributed by atoms with E-state index in [4.69, 9.17) is 14.2 Å². The average molecular weight is 333 g/mol. The summed E-state index contributed by atoms with van der Waals surface area (Å²) in [7, 11) is 1.34. The summed E-state index contributed by atoms with van der Waals surface area (Å²) >= 11 is 0. The molecule has 6 heteroatoms. The Labute approximate surface area is 142 Å². The third-order valence-corrected chi connectivity index (χ3v) is 3.35. The Balaban J connectivity index is 2.28. The van der Waals surface area contributed by atoms with Crippen molar-refractivity contribution < 1.29 is 23.8 Å². The Hall–Kier alpha value is -2.50. The van der Waals surface area contributed by atoms with E-state index in [0.717, 1.165) is 5.56 Å². The summed E-state index contributed by atoms with van der Waals surface area (Å²) in [5.41, 5.74) is 1.23. The number of ether oxygens (including phenoxy) is 3. The van der Waals surface area contributed by atoms with Crippen molar-refractivity contribution in [2.24, 2.45) is 0 Å². The molecule has 0 aliphatic carbocycles. The molecule has 1 heterocycles. The van der Waals surface area contributed by atoms with Gasteiger partial charge >= 0.3 is 12.1 Å². The third kappa shape index (κ3) is 4.50. The van der Waals surface area contributed by atoms with Crippen molar-refractivity contribution in [1.29, 1.82) is 0 Å². The molecule has 0 radical (unpaired) electrons. The minimum Gasteiger partial charge on any atom is -0.499 e. The highest BCUT2D eigenvalue weighted by Gasteiger charge is 2.27. The fourth-order valence-corrected chi connectivity index (χ4v) is 2.25. The molecule has 6 nitrogen and oxygen atoms in total. The molecule has 0 saturated heterocycles. The number of amides is 1. The molecule has 1 amide bonds. The maximum atomic E-state index is 12.5.